The number of rotatable bonds is 12. The van der Waals surface area contributed by atoms with Crippen molar-refractivity contribution in [1.82, 2.24) is 0 Å². The van der Waals surface area contributed by atoms with Gasteiger partial charge in [-0.25, -0.2) is 0 Å². The van der Waals surface area contributed by atoms with E-state index in [9.17, 15) is 0 Å². The summed E-state index contributed by atoms with van der Waals surface area (Å²) in [5.74, 6) is 0. The molecule has 0 fully saturated rings. The Balaban J connectivity index is 2.50. The molecule has 2 atom stereocenters. The zero-order chi connectivity index (χ0) is 23.0. The second kappa shape index (κ2) is 11.4. The minimum Gasteiger partial charge on any atom is -0.404 e. The average Bonchev–Trinajstić information content (AvgIpc) is 2.76. The monoisotopic (exact) mass is 439 g/mol. The third-order valence-electron chi connectivity index (χ3n) is 6.35. The van der Waals surface area contributed by atoms with E-state index in [4.69, 9.17) is 9.16 Å². The first-order valence-electron chi connectivity index (χ1n) is 11.9. The van der Waals surface area contributed by atoms with Crippen LogP contribution in [0.4, 0.5) is 0 Å². The molecule has 2 aromatic carbocycles. The Morgan fingerprint density at radius 1 is 0.839 bits per heavy atom. The lowest BCUT2D eigenvalue weighted by Crippen LogP contribution is -2.67. The van der Waals surface area contributed by atoms with Crippen LogP contribution in [0.25, 0.3) is 0 Å². The summed E-state index contributed by atoms with van der Waals surface area (Å²) in [6.07, 6.45) is 7.84. The molecule has 171 valence electrons. The summed E-state index contributed by atoms with van der Waals surface area (Å²) < 4.78 is 13.4. The first-order chi connectivity index (χ1) is 14.7. The van der Waals surface area contributed by atoms with Crippen LogP contribution in [-0.2, 0) is 9.16 Å². The summed E-state index contributed by atoms with van der Waals surface area (Å²) in [5, 5.41) is 2.61. The Morgan fingerprint density at radius 2 is 1.35 bits per heavy atom. The van der Waals surface area contributed by atoms with Crippen molar-refractivity contribution in [3.63, 3.8) is 0 Å². The molecule has 0 saturated heterocycles. The van der Waals surface area contributed by atoms with Crippen LogP contribution >= 0.6 is 0 Å². The second-order valence-electron chi connectivity index (χ2n) is 9.78. The van der Waals surface area contributed by atoms with Gasteiger partial charge in [-0.05, 0) is 35.2 Å². The molecule has 0 aliphatic heterocycles. The molecule has 31 heavy (non-hydrogen) atoms. The van der Waals surface area contributed by atoms with Gasteiger partial charge in [-0.3, -0.25) is 0 Å². The third kappa shape index (κ3) is 6.09. The van der Waals surface area contributed by atoms with E-state index in [2.05, 4.69) is 109 Å². The summed E-state index contributed by atoms with van der Waals surface area (Å²) in [7, 11) is -0.707. The van der Waals surface area contributed by atoms with Gasteiger partial charge in [0, 0.05) is 19.6 Å². The van der Waals surface area contributed by atoms with Crippen molar-refractivity contribution >= 4 is 18.7 Å². The Labute approximate surface area is 192 Å². The van der Waals surface area contributed by atoms with Gasteiger partial charge in [-0.15, -0.1) is 0 Å². The third-order valence-corrected chi connectivity index (χ3v) is 11.5. The fourth-order valence-corrected chi connectivity index (χ4v) is 9.54. The van der Waals surface area contributed by atoms with E-state index >= 15 is 0 Å². The molecule has 0 N–H and O–H groups in total. The van der Waals surface area contributed by atoms with Gasteiger partial charge in [0.05, 0.1) is 5.60 Å². The van der Waals surface area contributed by atoms with Crippen molar-refractivity contribution in [2.24, 2.45) is 0 Å². The maximum absolute atomic E-state index is 7.26. The van der Waals surface area contributed by atoms with Crippen molar-refractivity contribution in [3.8, 4) is 0 Å². The molecule has 0 spiro atoms. The molecular weight excluding hydrogens is 396 g/mol. The Bertz CT molecular complexity index is 714. The highest BCUT2D eigenvalue weighted by Gasteiger charge is 2.51. The van der Waals surface area contributed by atoms with Crippen molar-refractivity contribution in [2.75, 3.05) is 7.11 Å². The van der Waals surface area contributed by atoms with Crippen LogP contribution in [0.5, 0.6) is 0 Å². The predicted octanol–water partition coefficient (Wildman–Crippen LogP) is 6.53. The van der Waals surface area contributed by atoms with Crippen LogP contribution < -0.4 is 10.4 Å². The number of benzene rings is 2. The van der Waals surface area contributed by atoms with Crippen LogP contribution in [0.3, 0.4) is 0 Å². The summed E-state index contributed by atoms with van der Waals surface area (Å²) in [5.41, 5.74) is -0.227. The normalized spacial score (nSPS) is 15.5. The molecular formula is C28H43O2Si. The minimum absolute atomic E-state index is 0.0188. The first kappa shape index (κ1) is 25.8. The van der Waals surface area contributed by atoms with Gasteiger partial charge in [0.1, 0.15) is 0 Å². The second-order valence-corrected chi connectivity index (χ2v) is 14.0. The number of hydrogen-bond donors (Lipinski definition) is 0. The van der Waals surface area contributed by atoms with E-state index in [-0.39, 0.29) is 16.7 Å². The fraction of sp³-hybridized carbons (Fsp3) is 0.536. The summed E-state index contributed by atoms with van der Waals surface area (Å²) >= 11 is 0. The molecule has 0 aromatic heterocycles. The zero-order valence-corrected chi connectivity index (χ0v) is 21.8. The molecule has 0 bridgehead atoms. The Hall–Kier alpha value is -1.42. The van der Waals surface area contributed by atoms with E-state index < -0.39 is 8.32 Å². The molecule has 0 aliphatic rings. The molecule has 2 rings (SSSR count). The van der Waals surface area contributed by atoms with Gasteiger partial charge in [-0.2, -0.15) is 0 Å². The lowest BCUT2D eigenvalue weighted by atomic mass is 9.86. The van der Waals surface area contributed by atoms with Gasteiger partial charge in [0.15, 0.2) is 0 Å². The van der Waals surface area contributed by atoms with E-state index in [0.717, 1.165) is 25.7 Å². The number of hydrogen-bond acceptors (Lipinski definition) is 2. The minimum atomic E-state index is -2.57. The largest absolute Gasteiger partial charge is 0.404 e. The molecule has 0 heterocycles. The van der Waals surface area contributed by atoms with Crippen LogP contribution in [-0.4, -0.2) is 27.1 Å². The highest BCUT2D eigenvalue weighted by molar-refractivity contribution is 6.99. The van der Waals surface area contributed by atoms with Crippen molar-refractivity contribution in [3.05, 3.63) is 67.1 Å². The predicted molar refractivity (Wildman–Crippen MR) is 137 cm³/mol. The van der Waals surface area contributed by atoms with Crippen molar-refractivity contribution in [1.29, 1.82) is 0 Å². The fourth-order valence-electron chi connectivity index (χ4n) is 4.89. The molecule has 2 aromatic rings. The first-order valence-corrected chi connectivity index (χ1v) is 13.9. The number of methoxy groups -OCH3 is 1. The molecule has 0 aliphatic carbocycles. The Morgan fingerprint density at radius 3 is 1.74 bits per heavy atom. The van der Waals surface area contributed by atoms with Crippen molar-refractivity contribution in [2.45, 2.75) is 90.4 Å². The van der Waals surface area contributed by atoms with Crippen LogP contribution in [0.15, 0.2) is 60.7 Å². The molecule has 2 nitrogen and oxygen atoms in total. The molecule has 0 saturated carbocycles. The topological polar surface area (TPSA) is 18.5 Å². The van der Waals surface area contributed by atoms with Crippen LogP contribution in [0, 0.1) is 6.42 Å². The van der Waals surface area contributed by atoms with Gasteiger partial charge in [0.2, 0.25) is 0 Å². The van der Waals surface area contributed by atoms with E-state index in [1.165, 1.54) is 16.8 Å². The SMILES string of the molecule is CCCC[C@]([CH][C@H](C)O[Si](c1ccccc1)(c1ccccc1)C(C)(C)C)(CCC)OC. The lowest BCUT2D eigenvalue weighted by molar-refractivity contribution is -0.0138. The van der Waals surface area contributed by atoms with Crippen LogP contribution in [0.2, 0.25) is 5.04 Å². The van der Waals surface area contributed by atoms with Gasteiger partial charge >= 0.3 is 0 Å². The highest BCUT2D eigenvalue weighted by Crippen LogP contribution is 2.39. The van der Waals surface area contributed by atoms with Crippen molar-refractivity contribution < 1.29 is 9.16 Å². The smallest absolute Gasteiger partial charge is 0.261 e. The Kier molecular flexibility index (Phi) is 9.54. The van der Waals surface area contributed by atoms with Gasteiger partial charge in [0.25, 0.3) is 8.32 Å². The maximum Gasteiger partial charge on any atom is 0.261 e. The quantitative estimate of drug-likeness (QED) is 0.350. The maximum atomic E-state index is 7.26. The van der Waals surface area contributed by atoms with E-state index in [1.54, 1.807) is 0 Å². The highest BCUT2D eigenvalue weighted by atomic mass is 28.4. The lowest BCUT2D eigenvalue weighted by Gasteiger charge is -2.46. The molecule has 1 radical (unpaired) electrons. The molecule has 3 heteroatoms. The van der Waals surface area contributed by atoms with Gasteiger partial charge in [-0.1, -0.05) is 115 Å². The standard InChI is InChI=1S/C28H43O2Si/c1-8-10-22-28(29-7,21-9-2)23-24(3)30-31(27(4,5)6,25-17-13-11-14-18-25)26-19-15-12-16-20-26/h11-20,23-24H,8-10,21-22H2,1-7H3/t24-,28-/m0/s1. The number of unbranched alkanes of at least 4 members (excludes halogenated alkanes) is 1. The van der Waals surface area contributed by atoms with Crippen LogP contribution in [0.1, 0.15) is 73.6 Å². The average molecular weight is 440 g/mol. The molecule has 0 unspecified atom stereocenters. The van der Waals surface area contributed by atoms with Gasteiger partial charge < -0.3 is 9.16 Å². The zero-order valence-electron chi connectivity index (χ0n) is 20.8. The number of ether oxygens (including phenoxy) is 1. The molecule has 0 amide bonds. The summed E-state index contributed by atoms with van der Waals surface area (Å²) in [6.45, 7) is 13.7. The summed E-state index contributed by atoms with van der Waals surface area (Å²) in [6, 6.07) is 21.8. The van der Waals surface area contributed by atoms with E-state index in [1.807, 2.05) is 7.11 Å². The summed E-state index contributed by atoms with van der Waals surface area (Å²) in [4.78, 5) is 0. The van der Waals surface area contributed by atoms with E-state index in [0.29, 0.717) is 0 Å².